The molecule has 6 heteroatoms. The van der Waals surface area contributed by atoms with Gasteiger partial charge in [-0.3, -0.25) is 0 Å². The summed E-state index contributed by atoms with van der Waals surface area (Å²) in [6, 6.07) is 6.18. The molecule has 1 aromatic heterocycles. The van der Waals surface area contributed by atoms with Crippen molar-refractivity contribution in [1.82, 2.24) is 9.78 Å². The van der Waals surface area contributed by atoms with E-state index in [4.69, 9.17) is 6.57 Å². The fourth-order valence-corrected chi connectivity index (χ4v) is 1.55. The van der Waals surface area contributed by atoms with Crippen LogP contribution in [0.15, 0.2) is 30.5 Å². The van der Waals surface area contributed by atoms with Gasteiger partial charge in [0.05, 0.1) is 12.3 Å². The summed E-state index contributed by atoms with van der Waals surface area (Å²) in [7, 11) is 0. The lowest BCUT2D eigenvalue weighted by molar-refractivity contribution is -0.141. The van der Waals surface area contributed by atoms with E-state index >= 15 is 0 Å². The highest BCUT2D eigenvalue weighted by Crippen LogP contribution is 2.30. The number of halogens is 3. The molecule has 0 unspecified atom stereocenters. The van der Waals surface area contributed by atoms with Gasteiger partial charge in [0.25, 0.3) is 0 Å². The van der Waals surface area contributed by atoms with Gasteiger partial charge in [-0.25, -0.2) is 9.53 Å². The number of aryl methyl sites for hydroxylation is 1. The van der Waals surface area contributed by atoms with Gasteiger partial charge >= 0.3 is 6.18 Å². The van der Waals surface area contributed by atoms with Gasteiger partial charge in [0.15, 0.2) is 11.4 Å². The lowest BCUT2D eigenvalue weighted by Crippen LogP contribution is -2.08. The van der Waals surface area contributed by atoms with Gasteiger partial charge in [0.2, 0.25) is 0 Å². The van der Waals surface area contributed by atoms with E-state index in [1.54, 1.807) is 12.1 Å². The van der Waals surface area contributed by atoms with Crippen LogP contribution >= 0.6 is 0 Å². The highest BCUT2D eigenvalue weighted by atomic mass is 19.4. The average Bonchev–Trinajstić information content (AvgIpc) is 2.71. The second-order valence-corrected chi connectivity index (χ2v) is 3.73. The van der Waals surface area contributed by atoms with Crippen molar-refractivity contribution < 1.29 is 13.2 Å². The molecule has 2 rings (SSSR count). The predicted octanol–water partition coefficient (Wildman–Crippen LogP) is 3.75. The molecule has 0 amide bonds. The zero-order chi connectivity index (χ0) is 13.3. The number of hydrogen-bond donors (Lipinski definition) is 0. The van der Waals surface area contributed by atoms with Crippen LogP contribution in [0.2, 0.25) is 0 Å². The Morgan fingerprint density at radius 2 is 1.83 bits per heavy atom. The normalized spacial score (nSPS) is 11.3. The fourth-order valence-electron chi connectivity index (χ4n) is 1.55. The van der Waals surface area contributed by atoms with E-state index in [0.29, 0.717) is 11.4 Å². The van der Waals surface area contributed by atoms with E-state index in [-0.39, 0.29) is 5.56 Å². The summed E-state index contributed by atoms with van der Waals surface area (Å²) in [6.07, 6.45) is -3.14. The largest absolute Gasteiger partial charge is 0.435 e. The summed E-state index contributed by atoms with van der Waals surface area (Å²) in [5.74, 6) is 0. The Kier molecular flexibility index (Phi) is 2.83. The van der Waals surface area contributed by atoms with E-state index in [0.717, 1.165) is 4.68 Å². The molecule has 2 aromatic rings. The Hall–Kier alpha value is -2.29. The third kappa shape index (κ3) is 2.20. The van der Waals surface area contributed by atoms with Crippen molar-refractivity contribution in [3.63, 3.8) is 0 Å². The minimum Gasteiger partial charge on any atom is -0.240 e. The first-order chi connectivity index (χ1) is 8.41. The first kappa shape index (κ1) is 12.2. The molecule has 0 spiro atoms. The Morgan fingerprint density at radius 1 is 1.22 bits per heavy atom. The Labute approximate surface area is 101 Å². The first-order valence-electron chi connectivity index (χ1n) is 5.03. The molecule has 3 nitrogen and oxygen atoms in total. The van der Waals surface area contributed by atoms with Crippen LogP contribution in [-0.2, 0) is 6.18 Å². The van der Waals surface area contributed by atoms with Gasteiger partial charge in [0.1, 0.15) is 0 Å². The zero-order valence-electron chi connectivity index (χ0n) is 9.36. The van der Waals surface area contributed by atoms with Crippen molar-refractivity contribution in [2.24, 2.45) is 0 Å². The van der Waals surface area contributed by atoms with Crippen LogP contribution in [0.5, 0.6) is 0 Å². The average molecular weight is 251 g/mol. The molecule has 0 atom stereocenters. The van der Waals surface area contributed by atoms with E-state index < -0.39 is 11.9 Å². The number of nitrogens with zero attached hydrogens (tertiary/aromatic N) is 3. The van der Waals surface area contributed by atoms with Crippen LogP contribution in [-0.4, -0.2) is 9.78 Å². The van der Waals surface area contributed by atoms with Crippen LogP contribution in [0.4, 0.5) is 18.9 Å². The molecule has 1 aromatic carbocycles. The molecule has 92 valence electrons. The van der Waals surface area contributed by atoms with Crippen molar-refractivity contribution in [3.8, 4) is 5.69 Å². The van der Waals surface area contributed by atoms with Crippen LogP contribution < -0.4 is 0 Å². The first-order valence-corrected chi connectivity index (χ1v) is 5.03. The van der Waals surface area contributed by atoms with Gasteiger partial charge in [-0.1, -0.05) is 12.1 Å². The molecule has 0 bridgehead atoms. The molecule has 1 heterocycles. The van der Waals surface area contributed by atoms with Crippen molar-refractivity contribution in [1.29, 1.82) is 0 Å². The van der Waals surface area contributed by atoms with Crippen LogP contribution in [0.1, 0.15) is 11.3 Å². The van der Waals surface area contributed by atoms with Crippen molar-refractivity contribution in [2.45, 2.75) is 13.1 Å². The second kappa shape index (κ2) is 4.18. The summed E-state index contributed by atoms with van der Waals surface area (Å²) >= 11 is 0. The molecule has 0 saturated heterocycles. The molecule has 0 saturated carbocycles. The van der Waals surface area contributed by atoms with Crippen LogP contribution in [0.25, 0.3) is 10.5 Å². The van der Waals surface area contributed by atoms with Crippen LogP contribution in [0, 0.1) is 13.5 Å². The Morgan fingerprint density at radius 3 is 2.28 bits per heavy atom. The lowest BCUT2D eigenvalue weighted by atomic mass is 10.2. The van der Waals surface area contributed by atoms with E-state index in [2.05, 4.69) is 9.94 Å². The Balaban J connectivity index is 2.43. The van der Waals surface area contributed by atoms with Crippen molar-refractivity contribution >= 4 is 5.69 Å². The molecule has 0 N–H and O–H groups in total. The standard InChI is InChI=1S/C12H8F3N3/c1-8-7-18(17-11(8)12(13,14)15)10-5-3-9(16-2)4-6-10/h3-7H,1H3. The predicted molar refractivity (Wildman–Crippen MR) is 59.6 cm³/mol. The molecule has 0 aliphatic heterocycles. The molecular formula is C12H8F3N3. The minimum absolute atomic E-state index is 0.0664. The molecule has 0 aliphatic carbocycles. The molecule has 0 fully saturated rings. The maximum Gasteiger partial charge on any atom is 0.435 e. The van der Waals surface area contributed by atoms with Crippen molar-refractivity contribution in [3.05, 3.63) is 53.1 Å². The Bertz CT molecular complexity index is 603. The molecule has 0 aliphatic rings. The molecular weight excluding hydrogens is 243 g/mol. The maximum absolute atomic E-state index is 12.6. The summed E-state index contributed by atoms with van der Waals surface area (Å²) in [5, 5.41) is 3.52. The topological polar surface area (TPSA) is 22.2 Å². The summed E-state index contributed by atoms with van der Waals surface area (Å²) < 4.78 is 38.9. The summed E-state index contributed by atoms with van der Waals surface area (Å²) in [4.78, 5) is 3.21. The monoisotopic (exact) mass is 251 g/mol. The SMILES string of the molecule is [C-]#[N+]c1ccc(-n2cc(C)c(C(F)(F)F)n2)cc1. The highest BCUT2D eigenvalue weighted by molar-refractivity contribution is 5.49. The smallest absolute Gasteiger partial charge is 0.240 e. The summed E-state index contributed by atoms with van der Waals surface area (Å²) in [5.41, 5.74) is 0.0909. The maximum atomic E-state index is 12.6. The molecule has 18 heavy (non-hydrogen) atoms. The molecule has 0 radical (unpaired) electrons. The summed E-state index contributed by atoms with van der Waals surface area (Å²) in [6.45, 7) is 8.15. The van der Waals surface area contributed by atoms with Crippen molar-refractivity contribution in [2.75, 3.05) is 0 Å². The minimum atomic E-state index is -4.45. The second-order valence-electron chi connectivity index (χ2n) is 3.73. The fraction of sp³-hybridized carbons (Fsp3) is 0.167. The van der Waals surface area contributed by atoms with Gasteiger partial charge in [-0.2, -0.15) is 18.3 Å². The third-order valence-electron chi connectivity index (χ3n) is 2.41. The van der Waals surface area contributed by atoms with Gasteiger partial charge in [-0.05, 0) is 24.6 Å². The number of rotatable bonds is 1. The number of benzene rings is 1. The zero-order valence-corrected chi connectivity index (χ0v) is 9.36. The van der Waals surface area contributed by atoms with Gasteiger partial charge in [-0.15, -0.1) is 0 Å². The lowest BCUT2D eigenvalue weighted by Gasteiger charge is -2.03. The van der Waals surface area contributed by atoms with E-state index in [1.807, 2.05) is 0 Å². The number of hydrogen-bond acceptors (Lipinski definition) is 1. The van der Waals surface area contributed by atoms with Gasteiger partial charge in [0, 0.05) is 6.20 Å². The highest BCUT2D eigenvalue weighted by Gasteiger charge is 2.35. The number of aromatic nitrogens is 2. The third-order valence-corrected chi connectivity index (χ3v) is 2.41. The van der Waals surface area contributed by atoms with Crippen LogP contribution in [0.3, 0.4) is 0 Å². The van der Waals surface area contributed by atoms with E-state index in [9.17, 15) is 13.2 Å². The van der Waals surface area contributed by atoms with Gasteiger partial charge < -0.3 is 0 Å². The quantitative estimate of drug-likeness (QED) is 0.707. The van der Waals surface area contributed by atoms with E-state index in [1.165, 1.54) is 25.3 Å². The number of alkyl halides is 3.